The van der Waals surface area contributed by atoms with Gasteiger partial charge in [0.2, 0.25) is 0 Å². The van der Waals surface area contributed by atoms with Crippen molar-refractivity contribution in [2.24, 2.45) is 0 Å². The third-order valence-electron chi connectivity index (χ3n) is 4.02. The summed E-state index contributed by atoms with van der Waals surface area (Å²) >= 11 is 7.28. The number of carbonyl (C=O) groups is 1. The van der Waals surface area contributed by atoms with Gasteiger partial charge in [0.25, 0.3) is 5.56 Å². The monoisotopic (exact) mass is 388 g/mol. The number of aromatic amines is 1. The molecule has 3 rings (SSSR count). The number of H-pyrrole nitrogens is 1. The molecule has 7 heteroatoms. The summed E-state index contributed by atoms with van der Waals surface area (Å²) in [6.45, 7) is 5.52. The second kappa shape index (κ2) is 7.43. The van der Waals surface area contributed by atoms with Gasteiger partial charge in [0.15, 0.2) is 11.9 Å². The summed E-state index contributed by atoms with van der Waals surface area (Å²) in [5.74, 6) is -0.189. The number of hydrogen-bond donors (Lipinski definition) is 1. The van der Waals surface area contributed by atoms with Crippen LogP contribution in [0, 0.1) is 13.8 Å². The number of esters is 1. The molecule has 2 aromatic heterocycles. The molecule has 0 unspecified atom stereocenters. The number of halogens is 1. The number of rotatable bonds is 4. The highest BCUT2D eigenvalue weighted by Gasteiger charge is 2.17. The molecule has 134 valence electrons. The fourth-order valence-electron chi connectivity index (χ4n) is 2.47. The molecule has 26 heavy (non-hydrogen) atoms. The molecule has 0 amide bonds. The molecule has 0 aliphatic rings. The van der Waals surface area contributed by atoms with Gasteiger partial charge in [0.1, 0.15) is 4.83 Å². The van der Waals surface area contributed by atoms with E-state index in [0.717, 1.165) is 16.0 Å². The van der Waals surface area contributed by atoms with E-state index in [9.17, 15) is 9.59 Å². The summed E-state index contributed by atoms with van der Waals surface area (Å²) < 4.78 is 5.34. The summed E-state index contributed by atoms with van der Waals surface area (Å²) in [5.41, 5.74) is 1.55. The Labute approximate surface area is 159 Å². The maximum Gasteiger partial charge on any atom is 0.331 e. The van der Waals surface area contributed by atoms with Crippen LogP contribution in [0.1, 0.15) is 34.9 Å². The van der Waals surface area contributed by atoms with Crippen molar-refractivity contribution in [3.05, 3.63) is 67.5 Å². The van der Waals surface area contributed by atoms with Gasteiger partial charge in [-0.3, -0.25) is 4.79 Å². The number of hydrogen-bond acceptors (Lipinski definition) is 5. The third-order valence-corrected chi connectivity index (χ3v) is 5.37. The van der Waals surface area contributed by atoms with Crippen molar-refractivity contribution in [2.75, 3.05) is 0 Å². The molecule has 2 heterocycles. The van der Waals surface area contributed by atoms with E-state index in [0.29, 0.717) is 21.1 Å². The summed E-state index contributed by atoms with van der Waals surface area (Å²) in [6.07, 6.45) is 2.30. The highest BCUT2D eigenvalue weighted by molar-refractivity contribution is 7.18. The minimum absolute atomic E-state index is 0.216. The van der Waals surface area contributed by atoms with E-state index in [1.165, 1.54) is 17.4 Å². The van der Waals surface area contributed by atoms with Gasteiger partial charge < -0.3 is 9.72 Å². The van der Waals surface area contributed by atoms with Crippen molar-refractivity contribution in [1.29, 1.82) is 0 Å². The molecule has 0 fully saturated rings. The number of aryl methyl sites for hydroxylation is 2. The average Bonchev–Trinajstić information content (AvgIpc) is 2.89. The van der Waals surface area contributed by atoms with Gasteiger partial charge in [0, 0.05) is 16.0 Å². The molecule has 1 aromatic carbocycles. The molecule has 0 radical (unpaired) electrons. The van der Waals surface area contributed by atoms with Crippen LogP contribution in [0.15, 0.2) is 35.1 Å². The van der Waals surface area contributed by atoms with Crippen LogP contribution >= 0.6 is 22.9 Å². The molecule has 0 spiro atoms. The Kier molecular flexibility index (Phi) is 5.25. The zero-order valence-corrected chi connectivity index (χ0v) is 16.1. The molecule has 1 atom stereocenters. The van der Waals surface area contributed by atoms with Crippen molar-refractivity contribution in [3.8, 4) is 0 Å². The van der Waals surface area contributed by atoms with Crippen LogP contribution in [0.25, 0.3) is 16.3 Å². The molecular weight excluding hydrogens is 372 g/mol. The maximum absolute atomic E-state index is 12.3. The number of nitrogens with zero attached hydrogens (tertiary/aromatic N) is 1. The first-order chi connectivity index (χ1) is 12.3. The standard InChI is InChI=1S/C19H17ClN2O3S/c1-10-12(3)26-19-16(10)18(24)21-17(22-19)11(2)25-15(23)9-6-13-4-7-14(20)8-5-13/h4-9,11H,1-3H3,(H,21,22,24)/b9-6+/t11-/m0/s1. The minimum Gasteiger partial charge on any atom is -0.451 e. The van der Waals surface area contributed by atoms with Gasteiger partial charge in [-0.05, 0) is 50.1 Å². The van der Waals surface area contributed by atoms with Gasteiger partial charge in [0.05, 0.1) is 5.39 Å². The van der Waals surface area contributed by atoms with Crippen LogP contribution in [0.3, 0.4) is 0 Å². The van der Waals surface area contributed by atoms with Gasteiger partial charge in [-0.25, -0.2) is 9.78 Å². The van der Waals surface area contributed by atoms with Crippen molar-refractivity contribution in [2.45, 2.75) is 26.9 Å². The van der Waals surface area contributed by atoms with E-state index in [2.05, 4.69) is 9.97 Å². The molecule has 0 saturated heterocycles. The Balaban J connectivity index is 1.76. The zero-order chi connectivity index (χ0) is 18.8. The lowest BCUT2D eigenvalue weighted by molar-refractivity contribution is -0.142. The Bertz CT molecular complexity index is 1050. The number of aromatic nitrogens is 2. The topological polar surface area (TPSA) is 72.0 Å². The first kappa shape index (κ1) is 18.4. The molecule has 3 aromatic rings. The lowest BCUT2D eigenvalue weighted by atomic mass is 10.2. The first-order valence-corrected chi connectivity index (χ1v) is 9.19. The van der Waals surface area contributed by atoms with Crippen LogP contribution in [-0.2, 0) is 9.53 Å². The van der Waals surface area contributed by atoms with Crippen molar-refractivity contribution in [1.82, 2.24) is 9.97 Å². The Morgan fingerprint density at radius 2 is 2.00 bits per heavy atom. The highest BCUT2D eigenvalue weighted by atomic mass is 35.5. The Morgan fingerprint density at radius 1 is 1.31 bits per heavy atom. The average molecular weight is 389 g/mol. The lowest BCUT2D eigenvalue weighted by Crippen LogP contribution is -2.16. The predicted octanol–water partition coefficient (Wildman–Crippen LogP) is 4.57. The quantitative estimate of drug-likeness (QED) is 0.524. The molecule has 0 aliphatic heterocycles. The van der Waals surface area contributed by atoms with Crippen LogP contribution in [-0.4, -0.2) is 15.9 Å². The van der Waals surface area contributed by atoms with E-state index in [4.69, 9.17) is 16.3 Å². The van der Waals surface area contributed by atoms with Crippen LogP contribution in [0.4, 0.5) is 0 Å². The second-order valence-corrected chi connectivity index (χ2v) is 7.52. The number of benzene rings is 1. The summed E-state index contributed by atoms with van der Waals surface area (Å²) in [5, 5.41) is 1.22. The smallest absolute Gasteiger partial charge is 0.331 e. The SMILES string of the molecule is Cc1sc2nc([C@H](C)OC(=O)/C=C/c3ccc(Cl)cc3)[nH]c(=O)c2c1C. The normalized spacial score (nSPS) is 12.6. The van der Waals surface area contributed by atoms with Crippen LogP contribution in [0.5, 0.6) is 0 Å². The second-order valence-electron chi connectivity index (χ2n) is 5.88. The summed E-state index contributed by atoms with van der Waals surface area (Å²) in [7, 11) is 0. The molecular formula is C19H17ClN2O3S. The maximum atomic E-state index is 12.3. The van der Waals surface area contributed by atoms with Gasteiger partial charge in [-0.15, -0.1) is 11.3 Å². The fraction of sp³-hybridized carbons (Fsp3) is 0.211. The lowest BCUT2D eigenvalue weighted by Gasteiger charge is -2.11. The molecule has 1 N–H and O–H groups in total. The Morgan fingerprint density at radius 3 is 2.69 bits per heavy atom. The highest BCUT2D eigenvalue weighted by Crippen LogP contribution is 2.26. The van der Waals surface area contributed by atoms with Crippen LogP contribution in [0.2, 0.25) is 5.02 Å². The van der Waals surface area contributed by atoms with Crippen molar-refractivity contribution in [3.63, 3.8) is 0 Å². The number of thiophene rings is 1. The number of ether oxygens (including phenoxy) is 1. The Hall–Kier alpha value is -2.44. The molecule has 0 saturated carbocycles. The van der Waals surface area contributed by atoms with Crippen LogP contribution < -0.4 is 5.56 Å². The molecule has 0 bridgehead atoms. The number of carbonyl (C=O) groups excluding carboxylic acids is 1. The van der Waals surface area contributed by atoms with E-state index >= 15 is 0 Å². The van der Waals surface area contributed by atoms with Crippen molar-refractivity contribution >= 4 is 45.2 Å². The number of nitrogens with one attached hydrogen (secondary N) is 1. The molecule has 0 aliphatic carbocycles. The number of fused-ring (bicyclic) bond motifs is 1. The largest absolute Gasteiger partial charge is 0.451 e. The van der Waals surface area contributed by atoms with Gasteiger partial charge in [-0.2, -0.15) is 0 Å². The summed E-state index contributed by atoms with van der Waals surface area (Å²) in [6, 6.07) is 7.07. The van der Waals surface area contributed by atoms with E-state index in [1.807, 2.05) is 13.8 Å². The van der Waals surface area contributed by atoms with E-state index < -0.39 is 12.1 Å². The summed E-state index contributed by atoms with van der Waals surface area (Å²) in [4.78, 5) is 33.2. The van der Waals surface area contributed by atoms with Gasteiger partial charge in [-0.1, -0.05) is 23.7 Å². The van der Waals surface area contributed by atoms with Crippen molar-refractivity contribution < 1.29 is 9.53 Å². The van der Waals surface area contributed by atoms with E-state index in [-0.39, 0.29) is 5.56 Å². The predicted molar refractivity (Wildman–Crippen MR) is 105 cm³/mol. The van der Waals surface area contributed by atoms with Gasteiger partial charge >= 0.3 is 5.97 Å². The zero-order valence-electron chi connectivity index (χ0n) is 14.5. The first-order valence-electron chi connectivity index (χ1n) is 7.99. The third kappa shape index (κ3) is 3.86. The minimum atomic E-state index is -0.669. The fourth-order valence-corrected chi connectivity index (χ4v) is 3.63. The van der Waals surface area contributed by atoms with E-state index in [1.54, 1.807) is 37.3 Å². The molecule has 5 nitrogen and oxygen atoms in total.